The van der Waals surface area contributed by atoms with Gasteiger partial charge in [-0.1, -0.05) is 254 Å². The molecule has 6 nitrogen and oxygen atoms in total. The van der Waals surface area contributed by atoms with Gasteiger partial charge < -0.3 is 14.2 Å². The summed E-state index contributed by atoms with van der Waals surface area (Å²) in [6, 6.07) is 0. The van der Waals surface area contributed by atoms with E-state index in [0.717, 1.165) is 116 Å². The minimum atomic E-state index is -0.793. The SMILES string of the molecule is CC/C=C\C/C=C\C/C=C\C/C=C\CCCCCCC(=O)O[C@H](COC(=O)CCCCCCC/C=C\C/C=C\CCCCC)COC(=O)CCCCCCCCCCCCCCCCCCCCC. The van der Waals surface area contributed by atoms with Crippen molar-refractivity contribution in [1.29, 1.82) is 0 Å². The summed E-state index contributed by atoms with van der Waals surface area (Å²) in [5.74, 6) is -0.915. The van der Waals surface area contributed by atoms with Crippen LogP contribution in [0.5, 0.6) is 0 Å². The second kappa shape index (κ2) is 57.4. The van der Waals surface area contributed by atoms with Gasteiger partial charge in [0, 0.05) is 19.3 Å². The summed E-state index contributed by atoms with van der Waals surface area (Å²) in [4.78, 5) is 38.2. The zero-order chi connectivity index (χ0) is 50.0. The lowest BCUT2D eigenvalue weighted by Crippen LogP contribution is -2.30. The molecule has 398 valence electrons. The van der Waals surface area contributed by atoms with Crippen molar-refractivity contribution in [3.8, 4) is 0 Å². The number of esters is 3. The van der Waals surface area contributed by atoms with E-state index in [9.17, 15) is 14.4 Å². The van der Waals surface area contributed by atoms with Crippen molar-refractivity contribution in [2.75, 3.05) is 13.2 Å². The fourth-order valence-electron chi connectivity index (χ4n) is 8.29. The van der Waals surface area contributed by atoms with Crippen molar-refractivity contribution < 1.29 is 28.6 Å². The molecule has 0 rings (SSSR count). The van der Waals surface area contributed by atoms with Gasteiger partial charge in [-0.15, -0.1) is 0 Å². The molecule has 0 saturated heterocycles. The maximum atomic E-state index is 12.9. The van der Waals surface area contributed by atoms with Crippen LogP contribution in [0, 0.1) is 0 Å². The molecule has 0 radical (unpaired) electrons. The first-order valence-electron chi connectivity index (χ1n) is 29.4. The normalized spacial score (nSPS) is 12.6. The first-order chi connectivity index (χ1) is 34.0. The summed E-state index contributed by atoms with van der Waals surface area (Å²) >= 11 is 0. The van der Waals surface area contributed by atoms with E-state index in [1.807, 2.05) is 0 Å². The predicted molar refractivity (Wildman–Crippen MR) is 298 cm³/mol. The van der Waals surface area contributed by atoms with Crippen molar-refractivity contribution in [2.24, 2.45) is 0 Å². The molecule has 6 heteroatoms. The molecule has 0 N–H and O–H groups in total. The number of unbranched alkanes of at least 4 members (excludes halogenated alkanes) is 30. The Bertz CT molecular complexity index is 1290. The Balaban J connectivity index is 4.41. The van der Waals surface area contributed by atoms with Gasteiger partial charge in [-0.05, 0) is 89.9 Å². The number of hydrogen-bond acceptors (Lipinski definition) is 6. The van der Waals surface area contributed by atoms with Crippen LogP contribution in [0.15, 0.2) is 72.9 Å². The molecule has 0 aliphatic rings. The second-order valence-electron chi connectivity index (χ2n) is 19.5. The lowest BCUT2D eigenvalue weighted by atomic mass is 10.0. The number of carbonyl (C=O) groups is 3. The molecule has 0 aliphatic heterocycles. The van der Waals surface area contributed by atoms with E-state index in [-0.39, 0.29) is 31.1 Å². The van der Waals surface area contributed by atoms with Crippen molar-refractivity contribution in [1.82, 2.24) is 0 Å². The van der Waals surface area contributed by atoms with Crippen LogP contribution in [0.3, 0.4) is 0 Å². The Hall–Kier alpha value is -3.15. The molecular weight excluding hydrogens is 853 g/mol. The highest BCUT2D eigenvalue weighted by atomic mass is 16.6. The van der Waals surface area contributed by atoms with Crippen LogP contribution in [0.1, 0.15) is 290 Å². The number of allylic oxidation sites excluding steroid dienone is 12. The van der Waals surface area contributed by atoms with Gasteiger partial charge in [-0.2, -0.15) is 0 Å². The fraction of sp³-hybridized carbons (Fsp3) is 0.762. The molecule has 0 aromatic carbocycles. The Morgan fingerprint density at radius 1 is 0.304 bits per heavy atom. The van der Waals surface area contributed by atoms with E-state index in [4.69, 9.17) is 14.2 Å². The Labute approximate surface area is 427 Å². The highest BCUT2D eigenvalue weighted by Gasteiger charge is 2.19. The third kappa shape index (κ3) is 55.6. The molecule has 0 spiro atoms. The van der Waals surface area contributed by atoms with Crippen LogP contribution in [0.2, 0.25) is 0 Å². The molecular formula is C63H110O6. The first kappa shape index (κ1) is 65.8. The van der Waals surface area contributed by atoms with Crippen LogP contribution in [0.25, 0.3) is 0 Å². The highest BCUT2D eigenvalue weighted by molar-refractivity contribution is 5.71. The zero-order valence-corrected chi connectivity index (χ0v) is 45.6. The molecule has 1 atom stereocenters. The van der Waals surface area contributed by atoms with Gasteiger partial charge in [-0.25, -0.2) is 0 Å². The maximum absolute atomic E-state index is 12.9. The molecule has 0 aromatic rings. The Morgan fingerprint density at radius 3 is 0.913 bits per heavy atom. The van der Waals surface area contributed by atoms with Gasteiger partial charge in [-0.3, -0.25) is 14.4 Å². The average molecular weight is 964 g/mol. The van der Waals surface area contributed by atoms with Crippen molar-refractivity contribution in [3.63, 3.8) is 0 Å². The van der Waals surface area contributed by atoms with Crippen LogP contribution in [0.4, 0.5) is 0 Å². The largest absolute Gasteiger partial charge is 0.462 e. The van der Waals surface area contributed by atoms with Crippen LogP contribution in [-0.4, -0.2) is 37.2 Å². The average Bonchev–Trinajstić information content (AvgIpc) is 3.35. The minimum Gasteiger partial charge on any atom is -0.462 e. The molecule has 0 unspecified atom stereocenters. The molecule has 0 bridgehead atoms. The molecule has 0 heterocycles. The monoisotopic (exact) mass is 963 g/mol. The van der Waals surface area contributed by atoms with Gasteiger partial charge in [0.25, 0.3) is 0 Å². The number of rotatable bonds is 53. The van der Waals surface area contributed by atoms with Gasteiger partial charge in [0.2, 0.25) is 0 Å². The fourth-order valence-corrected chi connectivity index (χ4v) is 8.29. The van der Waals surface area contributed by atoms with Crippen molar-refractivity contribution >= 4 is 17.9 Å². The number of carbonyl (C=O) groups excluding carboxylic acids is 3. The third-order valence-corrected chi connectivity index (χ3v) is 12.7. The summed E-state index contributed by atoms with van der Waals surface area (Å²) in [7, 11) is 0. The van der Waals surface area contributed by atoms with Gasteiger partial charge >= 0.3 is 17.9 Å². The van der Waals surface area contributed by atoms with E-state index >= 15 is 0 Å². The summed E-state index contributed by atoms with van der Waals surface area (Å²) in [6.07, 6.45) is 73.2. The summed E-state index contributed by atoms with van der Waals surface area (Å²) in [5, 5.41) is 0. The van der Waals surface area contributed by atoms with Gasteiger partial charge in [0.1, 0.15) is 13.2 Å². The van der Waals surface area contributed by atoms with Crippen LogP contribution >= 0.6 is 0 Å². The second-order valence-corrected chi connectivity index (χ2v) is 19.5. The van der Waals surface area contributed by atoms with E-state index in [2.05, 4.69) is 93.7 Å². The molecule has 0 aliphatic carbocycles. The topological polar surface area (TPSA) is 78.9 Å². The molecule has 0 aromatic heterocycles. The Kier molecular flexibility index (Phi) is 54.8. The third-order valence-electron chi connectivity index (χ3n) is 12.7. The predicted octanol–water partition coefficient (Wildman–Crippen LogP) is 19.8. The molecule has 0 saturated carbocycles. The van der Waals surface area contributed by atoms with E-state index in [1.165, 1.54) is 135 Å². The zero-order valence-electron chi connectivity index (χ0n) is 45.6. The molecule has 0 amide bonds. The highest BCUT2D eigenvalue weighted by Crippen LogP contribution is 2.16. The number of ether oxygens (including phenoxy) is 3. The van der Waals surface area contributed by atoms with Gasteiger partial charge in [0.05, 0.1) is 0 Å². The lowest BCUT2D eigenvalue weighted by molar-refractivity contribution is -0.167. The van der Waals surface area contributed by atoms with Crippen molar-refractivity contribution in [3.05, 3.63) is 72.9 Å². The summed E-state index contributed by atoms with van der Waals surface area (Å²) < 4.78 is 16.9. The molecule has 0 fully saturated rings. The first-order valence-corrected chi connectivity index (χ1v) is 29.4. The van der Waals surface area contributed by atoms with Gasteiger partial charge in [0.15, 0.2) is 6.10 Å². The van der Waals surface area contributed by atoms with Crippen LogP contribution in [-0.2, 0) is 28.6 Å². The Morgan fingerprint density at radius 2 is 0.565 bits per heavy atom. The van der Waals surface area contributed by atoms with Crippen LogP contribution < -0.4 is 0 Å². The standard InChI is InChI=1S/C63H110O6/c1-4-7-10-13-16-19-22-25-28-30-31-33-35-38-41-44-47-50-53-56-62(65)68-59-60(58-67-61(64)55-52-49-46-43-40-37-34-27-24-21-18-15-12-9-6-3)69-63(66)57-54-51-48-45-42-39-36-32-29-26-23-20-17-14-11-8-5-2/h8,11,17-18,20-21,26-27,29,34,36,39,60H,4-7,9-10,12-16,19,22-25,28,30-33,35,37-38,40-59H2,1-3H3/b11-8-,20-17-,21-18-,29-26-,34-27-,39-36-/t60-/m1/s1. The van der Waals surface area contributed by atoms with E-state index in [0.29, 0.717) is 19.3 Å². The smallest absolute Gasteiger partial charge is 0.306 e. The number of hydrogen-bond donors (Lipinski definition) is 0. The summed E-state index contributed by atoms with van der Waals surface area (Å²) in [6.45, 7) is 6.50. The minimum absolute atomic E-state index is 0.0878. The van der Waals surface area contributed by atoms with E-state index in [1.54, 1.807) is 0 Å². The van der Waals surface area contributed by atoms with Crippen molar-refractivity contribution in [2.45, 2.75) is 297 Å². The lowest BCUT2D eigenvalue weighted by Gasteiger charge is -2.18. The quantitative estimate of drug-likeness (QED) is 0.0262. The molecule has 69 heavy (non-hydrogen) atoms. The maximum Gasteiger partial charge on any atom is 0.306 e. The van der Waals surface area contributed by atoms with E-state index < -0.39 is 6.10 Å². The summed E-state index contributed by atoms with van der Waals surface area (Å²) in [5.41, 5.74) is 0.